The minimum atomic E-state index is -0.446. The Hall–Kier alpha value is -1.71. The number of anilines is 1. The van der Waals surface area contributed by atoms with Crippen molar-refractivity contribution in [3.05, 3.63) is 24.3 Å². The summed E-state index contributed by atoms with van der Waals surface area (Å²) < 4.78 is 10.1. The van der Waals surface area contributed by atoms with Crippen LogP contribution in [0.1, 0.15) is 19.8 Å². The van der Waals surface area contributed by atoms with Crippen molar-refractivity contribution in [1.29, 1.82) is 0 Å². The third kappa shape index (κ3) is 3.81. The lowest BCUT2D eigenvalue weighted by Gasteiger charge is -2.09. The fraction of sp³-hybridized carbons (Fsp3) is 0.417. The molecule has 0 spiro atoms. The van der Waals surface area contributed by atoms with Gasteiger partial charge in [-0.3, -0.25) is 5.32 Å². The van der Waals surface area contributed by atoms with E-state index in [4.69, 9.17) is 9.47 Å². The second kappa shape index (κ2) is 6.71. The van der Waals surface area contributed by atoms with Crippen LogP contribution in [0.5, 0.6) is 5.75 Å². The van der Waals surface area contributed by atoms with E-state index < -0.39 is 6.09 Å². The molecule has 0 aliphatic carbocycles. The normalized spacial score (nSPS) is 9.62. The number of hydrogen-bond acceptors (Lipinski definition) is 3. The first-order chi connectivity index (χ1) is 7.77. The van der Waals surface area contributed by atoms with E-state index >= 15 is 0 Å². The quantitative estimate of drug-likeness (QED) is 0.780. The lowest BCUT2D eigenvalue weighted by Crippen LogP contribution is -2.14. The van der Waals surface area contributed by atoms with Crippen molar-refractivity contribution in [3.8, 4) is 5.75 Å². The summed E-state index contributed by atoms with van der Waals surface area (Å²) in [4.78, 5) is 11.4. The highest BCUT2D eigenvalue weighted by Gasteiger charge is 2.06. The van der Waals surface area contributed by atoms with Crippen molar-refractivity contribution < 1.29 is 14.3 Å². The number of methoxy groups -OCH3 is 1. The number of unbranched alkanes of at least 4 members (excludes halogenated alkanes) is 1. The van der Waals surface area contributed by atoms with Crippen molar-refractivity contribution >= 4 is 11.8 Å². The monoisotopic (exact) mass is 223 g/mol. The maximum atomic E-state index is 11.4. The van der Waals surface area contributed by atoms with Crippen LogP contribution in [-0.4, -0.2) is 19.8 Å². The van der Waals surface area contributed by atoms with Crippen LogP contribution >= 0.6 is 0 Å². The van der Waals surface area contributed by atoms with Gasteiger partial charge >= 0.3 is 6.09 Å². The zero-order valence-corrected chi connectivity index (χ0v) is 9.66. The average molecular weight is 223 g/mol. The third-order valence-corrected chi connectivity index (χ3v) is 2.07. The topological polar surface area (TPSA) is 47.6 Å². The minimum absolute atomic E-state index is 0.442. The van der Waals surface area contributed by atoms with Crippen LogP contribution < -0.4 is 10.1 Å². The van der Waals surface area contributed by atoms with Gasteiger partial charge in [-0.15, -0.1) is 0 Å². The number of carbonyl (C=O) groups excluding carboxylic acids is 1. The number of rotatable bonds is 5. The second-order valence-electron chi connectivity index (χ2n) is 3.31. The largest absolute Gasteiger partial charge is 0.495 e. The molecule has 0 atom stereocenters. The summed E-state index contributed by atoms with van der Waals surface area (Å²) in [6.45, 7) is 2.49. The molecule has 0 unspecified atom stereocenters. The standard InChI is InChI=1S/C12H17NO3/c1-3-4-9-16-12(14)13-10-7-5-6-8-11(10)15-2/h5-8H,3-4,9H2,1-2H3,(H,13,14). The Labute approximate surface area is 95.6 Å². The number of benzene rings is 1. The zero-order chi connectivity index (χ0) is 11.8. The lowest BCUT2D eigenvalue weighted by molar-refractivity contribution is 0.160. The van der Waals surface area contributed by atoms with Gasteiger partial charge < -0.3 is 9.47 Å². The van der Waals surface area contributed by atoms with Crippen LogP contribution in [0.15, 0.2) is 24.3 Å². The summed E-state index contributed by atoms with van der Waals surface area (Å²) >= 11 is 0. The number of amides is 1. The van der Waals surface area contributed by atoms with Gasteiger partial charge in [0.1, 0.15) is 5.75 Å². The second-order valence-corrected chi connectivity index (χ2v) is 3.31. The van der Waals surface area contributed by atoms with E-state index in [1.54, 1.807) is 19.2 Å². The van der Waals surface area contributed by atoms with E-state index in [9.17, 15) is 4.79 Å². The molecule has 1 amide bonds. The molecule has 16 heavy (non-hydrogen) atoms. The van der Waals surface area contributed by atoms with Gasteiger partial charge in [0.05, 0.1) is 19.4 Å². The smallest absolute Gasteiger partial charge is 0.411 e. The SMILES string of the molecule is CCCCOC(=O)Nc1ccccc1OC. The van der Waals surface area contributed by atoms with E-state index in [2.05, 4.69) is 5.32 Å². The molecule has 0 saturated carbocycles. The van der Waals surface area contributed by atoms with E-state index in [-0.39, 0.29) is 0 Å². The highest BCUT2D eigenvalue weighted by Crippen LogP contribution is 2.22. The number of ether oxygens (including phenoxy) is 2. The van der Waals surface area contributed by atoms with Gasteiger partial charge in [0.25, 0.3) is 0 Å². The van der Waals surface area contributed by atoms with E-state index in [0.717, 1.165) is 12.8 Å². The van der Waals surface area contributed by atoms with Gasteiger partial charge in [0.15, 0.2) is 0 Å². The summed E-state index contributed by atoms with van der Waals surface area (Å²) in [5.74, 6) is 0.620. The highest BCUT2D eigenvalue weighted by molar-refractivity contribution is 5.86. The molecule has 0 bridgehead atoms. The molecule has 0 radical (unpaired) electrons. The maximum Gasteiger partial charge on any atom is 0.411 e. The molecule has 1 N–H and O–H groups in total. The minimum Gasteiger partial charge on any atom is -0.495 e. The first-order valence-corrected chi connectivity index (χ1v) is 5.34. The molecule has 4 heteroatoms. The summed E-state index contributed by atoms with van der Waals surface area (Å²) in [5, 5.41) is 2.63. The fourth-order valence-corrected chi connectivity index (χ4v) is 1.20. The summed E-state index contributed by atoms with van der Waals surface area (Å²) in [6.07, 6.45) is 1.43. The molecule has 1 aromatic carbocycles. The van der Waals surface area contributed by atoms with Crippen LogP contribution in [0.3, 0.4) is 0 Å². The van der Waals surface area contributed by atoms with Gasteiger partial charge in [-0.2, -0.15) is 0 Å². The molecule has 1 rings (SSSR count). The Morgan fingerprint density at radius 2 is 2.12 bits per heavy atom. The molecule has 0 saturated heterocycles. The molecule has 1 aromatic rings. The number of nitrogens with one attached hydrogen (secondary N) is 1. The molecule has 0 fully saturated rings. The van der Waals surface area contributed by atoms with E-state index in [1.807, 2.05) is 19.1 Å². The summed E-state index contributed by atoms with van der Waals surface area (Å²) in [5.41, 5.74) is 0.617. The van der Waals surface area contributed by atoms with Crippen molar-refractivity contribution in [3.63, 3.8) is 0 Å². The van der Waals surface area contributed by atoms with Gasteiger partial charge in [0.2, 0.25) is 0 Å². The van der Waals surface area contributed by atoms with Crippen molar-refractivity contribution in [2.75, 3.05) is 19.0 Å². The predicted molar refractivity (Wildman–Crippen MR) is 62.9 cm³/mol. The van der Waals surface area contributed by atoms with Crippen molar-refractivity contribution in [2.45, 2.75) is 19.8 Å². The number of hydrogen-bond donors (Lipinski definition) is 1. The molecule has 88 valence electrons. The Kier molecular flexibility index (Phi) is 5.19. The first-order valence-electron chi connectivity index (χ1n) is 5.34. The fourth-order valence-electron chi connectivity index (χ4n) is 1.20. The van der Waals surface area contributed by atoms with Gasteiger partial charge in [-0.1, -0.05) is 25.5 Å². The Bertz CT molecular complexity index is 339. The first kappa shape index (κ1) is 12.4. The molecular formula is C12H17NO3. The van der Waals surface area contributed by atoms with Gasteiger partial charge in [-0.25, -0.2) is 4.79 Å². The van der Waals surface area contributed by atoms with Crippen molar-refractivity contribution in [1.82, 2.24) is 0 Å². The lowest BCUT2D eigenvalue weighted by atomic mass is 10.3. The van der Waals surface area contributed by atoms with Gasteiger partial charge in [-0.05, 0) is 18.6 Å². The van der Waals surface area contributed by atoms with E-state index in [1.165, 1.54) is 0 Å². The van der Waals surface area contributed by atoms with E-state index in [0.29, 0.717) is 18.0 Å². The van der Waals surface area contributed by atoms with Crippen LogP contribution in [0.2, 0.25) is 0 Å². The Morgan fingerprint density at radius 1 is 1.38 bits per heavy atom. The summed E-state index contributed by atoms with van der Waals surface area (Å²) in [7, 11) is 1.56. The Morgan fingerprint density at radius 3 is 2.81 bits per heavy atom. The maximum absolute atomic E-state index is 11.4. The summed E-state index contributed by atoms with van der Waals surface area (Å²) in [6, 6.07) is 7.21. The van der Waals surface area contributed by atoms with Crippen LogP contribution in [0.4, 0.5) is 10.5 Å². The molecule has 4 nitrogen and oxygen atoms in total. The van der Waals surface area contributed by atoms with Crippen LogP contribution in [-0.2, 0) is 4.74 Å². The molecule has 0 aliphatic heterocycles. The molecule has 0 heterocycles. The van der Waals surface area contributed by atoms with Crippen LogP contribution in [0, 0.1) is 0 Å². The van der Waals surface area contributed by atoms with Crippen LogP contribution in [0.25, 0.3) is 0 Å². The zero-order valence-electron chi connectivity index (χ0n) is 9.66. The average Bonchev–Trinajstić information content (AvgIpc) is 2.30. The van der Waals surface area contributed by atoms with Crippen molar-refractivity contribution in [2.24, 2.45) is 0 Å². The highest BCUT2D eigenvalue weighted by atomic mass is 16.5. The number of carbonyl (C=O) groups is 1. The van der Waals surface area contributed by atoms with Gasteiger partial charge in [0, 0.05) is 0 Å². The molecular weight excluding hydrogens is 206 g/mol. The molecule has 0 aromatic heterocycles. The Balaban J connectivity index is 2.49. The number of para-hydroxylation sites is 2. The third-order valence-electron chi connectivity index (χ3n) is 2.07. The molecule has 0 aliphatic rings. The predicted octanol–water partition coefficient (Wildman–Crippen LogP) is 3.04.